The minimum Gasteiger partial charge on any atom is -0.492 e. The van der Waals surface area contributed by atoms with Crippen LogP contribution in [0, 0.1) is 5.82 Å². The molecule has 2 aromatic rings. The summed E-state index contributed by atoms with van der Waals surface area (Å²) in [4.78, 5) is 4.19. The Morgan fingerprint density at radius 1 is 1.28 bits per heavy atom. The molecule has 0 saturated carbocycles. The molecule has 6 heteroatoms. The summed E-state index contributed by atoms with van der Waals surface area (Å²) in [5, 5.41) is 19.5. The van der Waals surface area contributed by atoms with E-state index in [4.69, 9.17) is 9.47 Å². The van der Waals surface area contributed by atoms with Crippen molar-refractivity contribution >= 4 is 0 Å². The number of aliphatic hydroxyl groups excluding tert-OH is 1. The molecule has 0 amide bonds. The molecule has 3 rings (SSSR count). The molecule has 1 aromatic carbocycles. The number of rotatable bonds is 6. The van der Waals surface area contributed by atoms with Crippen LogP contribution in [0.2, 0.25) is 0 Å². The number of halogens is 1. The van der Waals surface area contributed by atoms with E-state index in [1.165, 1.54) is 12.3 Å². The van der Waals surface area contributed by atoms with Gasteiger partial charge in [0.25, 0.3) is 0 Å². The molecule has 1 aromatic heterocycles. The van der Waals surface area contributed by atoms with Crippen molar-refractivity contribution in [3.05, 3.63) is 47.4 Å². The molecule has 1 atom stereocenters. The summed E-state index contributed by atoms with van der Waals surface area (Å²) in [7, 11) is 0. The van der Waals surface area contributed by atoms with E-state index in [0.29, 0.717) is 54.4 Å². The van der Waals surface area contributed by atoms with E-state index in [1.54, 1.807) is 32.0 Å². The van der Waals surface area contributed by atoms with E-state index in [2.05, 4.69) is 4.98 Å². The van der Waals surface area contributed by atoms with Gasteiger partial charge in [0.05, 0.1) is 24.5 Å². The van der Waals surface area contributed by atoms with E-state index >= 15 is 0 Å². The number of fused-ring (bicyclic) bond motifs is 1. The van der Waals surface area contributed by atoms with Crippen molar-refractivity contribution in [2.24, 2.45) is 0 Å². The van der Waals surface area contributed by atoms with Crippen LogP contribution < -0.4 is 9.47 Å². The fraction of sp³-hybridized carbons (Fsp3) is 0.421. The molecule has 0 bridgehead atoms. The third-order valence-corrected chi connectivity index (χ3v) is 4.17. The van der Waals surface area contributed by atoms with Gasteiger partial charge in [-0.2, -0.15) is 0 Å². The van der Waals surface area contributed by atoms with E-state index < -0.39 is 17.5 Å². The Balaban J connectivity index is 1.67. The molecule has 0 saturated heterocycles. The zero-order valence-electron chi connectivity index (χ0n) is 14.3. The minimum atomic E-state index is -0.780. The van der Waals surface area contributed by atoms with Crippen LogP contribution in [0.25, 0.3) is 0 Å². The van der Waals surface area contributed by atoms with Gasteiger partial charge in [0.15, 0.2) is 0 Å². The zero-order valence-corrected chi connectivity index (χ0v) is 14.3. The van der Waals surface area contributed by atoms with Crippen molar-refractivity contribution in [3.8, 4) is 17.4 Å². The molecular weight excluding hydrogens is 325 g/mol. The first-order valence-electron chi connectivity index (χ1n) is 8.32. The van der Waals surface area contributed by atoms with Crippen LogP contribution in [-0.4, -0.2) is 27.4 Å². The average Bonchev–Trinajstić information content (AvgIpc) is 2.94. The Morgan fingerprint density at radius 2 is 2.08 bits per heavy atom. The summed E-state index contributed by atoms with van der Waals surface area (Å²) in [6, 6.07) is 6.25. The van der Waals surface area contributed by atoms with Crippen molar-refractivity contribution in [2.75, 3.05) is 6.61 Å². The third kappa shape index (κ3) is 4.27. The molecule has 1 aliphatic carbocycles. The molecule has 5 nitrogen and oxygen atoms in total. The van der Waals surface area contributed by atoms with Crippen molar-refractivity contribution in [2.45, 2.75) is 44.8 Å². The number of ether oxygens (including phenoxy) is 2. The molecular formula is C19H22FNO4. The molecule has 1 aliphatic rings. The number of aliphatic hydroxyl groups is 2. The number of hydrogen-bond donors (Lipinski definition) is 2. The monoisotopic (exact) mass is 347 g/mol. The number of hydrogen-bond acceptors (Lipinski definition) is 5. The lowest BCUT2D eigenvalue weighted by atomic mass is 10.1. The Morgan fingerprint density at radius 3 is 2.76 bits per heavy atom. The summed E-state index contributed by atoms with van der Waals surface area (Å²) >= 11 is 0. The summed E-state index contributed by atoms with van der Waals surface area (Å²) in [6.07, 6.45) is 2.33. The van der Waals surface area contributed by atoms with Crippen LogP contribution in [0.5, 0.6) is 17.4 Å². The zero-order chi connectivity index (χ0) is 18.0. The SMILES string of the molecule is CC(C)(O)CCOc1ccc(Oc2ccc(F)c3c2CC[C@H]3O)nc1. The Kier molecular flexibility index (Phi) is 4.92. The van der Waals surface area contributed by atoms with Gasteiger partial charge in [0.2, 0.25) is 5.88 Å². The second kappa shape index (κ2) is 6.98. The first-order chi connectivity index (χ1) is 11.8. The molecule has 0 spiro atoms. The van der Waals surface area contributed by atoms with Crippen molar-refractivity contribution in [1.29, 1.82) is 0 Å². The van der Waals surface area contributed by atoms with Gasteiger partial charge in [-0.25, -0.2) is 9.37 Å². The van der Waals surface area contributed by atoms with Crippen LogP contribution in [0.1, 0.15) is 43.9 Å². The lowest BCUT2D eigenvalue weighted by Gasteiger charge is -2.17. The van der Waals surface area contributed by atoms with Crippen molar-refractivity contribution in [3.63, 3.8) is 0 Å². The van der Waals surface area contributed by atoms with Crippen LogP contribution >= 0.6 is 0 Å². The van der Waals surface area contributed by atoms with Gasteiger partial charge in [-0.15, -0.1) is 0 Å². The maximum absolute atomic E-state index is 13.8. The maximum Gasteiger partial charge on any atom is 0.219 e. The molecule has 1 heterocycles. The normalized spacial score (nSPS) is 16.6. The highest BCUT2D eigenvalue weighted by Gasteiger charge is 2.27. The fourth-order valence-corrected chi connectivity index (χ4v) is 2.80. The van der Waals surface area contributed by atoms with Gasteiger partial charge in [0.1, 0.15) is 17.3 Å². The number of nitrogens with zero attached hydrogens (tertiary/aromatic N) is 1. The smallest absolute Gasteiger partial charge is 0.219 e. The average molecular weight is 347 g/mol. The quantitative estimate of drug-likeness (QED) is 0.836. The standard InChI is InChI=1S/C19H22FNO4/c1-19(2,23)9-10-24-12-3-8-17(21-11-12)25-16-7-5-14(20)18-13(16)4-6-15(18)22/h3,5,7-8,11,15,22-23H,4,6,9-10H2,1-2H3/t15-/m1/s1. The van der Waals surface area contributed by atoms with E-state index in [-0.39, 0.29) is 0 Å². The van der Waals surface area contributed by atoms with Crippen LogP contribution in [0.4, 0.5) is 4.39 Å². The molecule has 25 heavy (non-hydrogen) atoms. The lowest BCUT2D eigenvalue weighted by Crippen LogP contribution is -2.21. The summed E-state index contributed by atoms with van der Waals surface area (Å²) in [5.74, 6) is 1.05. The van der Waals surface area contributed by atoms with Crippen LogP contribution in [0.15, 0.2) is 30.5 Å². The summed E-state index contributed by atoms with van der Waals surface area (Å²) < 4.78 is 25.1. The van der Waals surface area contributed by atoms with E-state index in [0.717, 1.165) is 0 Å². The van der Waals surface area contributed by atoms with Crippen LogP contribution in [-0.2, 0) is 6.42 Å². The van der Waals surface area contributed by atoms with Gasteiger partial charge in [-0.05, 0) is 44.9 Å². The first-order valence-corrected chi connectivity index (χ1v) is 8.32. The molecule has 134 valence electrons. The second-order valence-electron chi connectivity index (χ2n) is 6.84. The molecule has 0 fully saturated rings. The Labute approximate surface area is 146 Å². The van der Waals surface area contributed by atoms with Crippen LogP contribution in [0.3, 0.4) is 0 Å². The number of pyridine rings is 1. The maximum atomic E-state index is 13.8. The largest absolute Gasteiger partial charge is 0.492 e. The van der Waals surface area contributed by atoms with Crippen molar-refractivity contribution in [1.82, 2.24) is 4.98 Å². The molecule has 2 N–H and O–H groups in total. The third-order valence-electron chi connectivity index (χ3n) is 4.17. The summed E-state index contributed by atoms with van der Waals surface area (Å²) in [6.45, 7) is 3.84. The first kappa shape index (κ1) is 17.6. The predicted octanol–water partition coefficient (Wildman–Crippen LogP) is 3.53. The van der Waals surface area contributed by atoms with Gasteiger partial charge >= 0.3 is 0 Å². The van der Waals surface area contributed by atoms with E-state index in [9.17, 15) is 14.6 Å². The lowest BCUT2D eigenvalue weighted by molar-refractivity contribution is 0.0553. The Hall–Kier alpha value is -2.18. The fourth-order valence-electron chi connectivity index (χ4n) is 2.80. The summed E-state index contributed by atoms with van der Waals surface area (Å²) in [5.41, 5.74) is 0.244. The predicted molar refractivity (Wildman–Crippen MR) is 90.4 cm³/mol. The van der Waals surface area contributed by atoms with Crippen molar-refractivity contribution < 1.29 is 24.1 Å². The topological polar surface area (TPSA) is 71.8 Å². The highest BCUT2D eigenvalue weighted by molar-refractivity contribution is 5.46. The number of benzene rings is 1. The number of aromatic nitrogens is 1. The van der Waals surface area contributed by atoms with Gasteiger partial charge in [-0.1, -0.05) is 0 Å². The highest BCUT2D eigenvalue weighted by atomic mass is 19.1. The molecule has 0 radical (unpaired) electrons. The van der Waals surface area contributed by atoms with Gasteiger partial charge < -0.3 is 19.7 Å². The van der Waals surface area contributed by atoms with Gasteiger partial charge in [-0.3, -0.25) is 0 Å². The minimum absolute atomic E-state index is 0.323. The molecule has 0 unspecified atom stereocenters. The Bertz CT molecular complexity index is 740. The molecule has 0 aliphatic heterocycles. The second-order valence-corrected chi connectivity index (χ2v) is 6.84. The highest BCUT2D eigenvalue weighted by Crippen LogP contribution is 2.39. The van der Waals surface area contributed by atoms with E-state index in [1.807, 2.05) is 0 Å². The van der Waals surface area contributed by atoms with Gasteiger partial charge in [0, 0.05) is 23.6 Å².